The fourth-order valence-electron chi connectivity index (χ4n) is 1.80. The molecule has 1 aromatic heterocycles. The van der Waals surface area contributed by atoms with Crippen LogP contribution in [-0.4, -0.2) is 0 Å². The maximum Gasteiger partial charge on any atom is 0.123 e. The van der Waals surface area contributed by atoms with Gasteiger partial charge in [-0.1, -0.05) is 15.9 Å². The molecule has 3 N–H and O–H groups in total. The van der Waals surface area contributed by atoms with E-state index in [4.69, 9.17) is 5.84 Å². The summed E-state index contributed by atoms with van der Waals surface area (Å²) in [5.74, 6) is 5.37. The predicted molar refractivity (Wildman–Crippen MR) is 76.9 cm³/mol. The molecule has 0 spiro atoms. The number of nitrogens with two attached hydrogens (primary N) is 1. The van der Waals surface area contributed by atoms with Gasteiger partial charge in [-0.15, -0.1) is 11.3 Å². The van der Waals surface area contributed by atoms with E-state index in [1.54, 1.807) is 17.4 Å². The topological polar surface area (TPSA) is 38.0 Å². The lowest BCUT2D eigenvalue weighted by Crippen LogP contribution is -2.29. The van der Waals surface area contributed by atoms with Crippen LogP contribution in [-0.2, 0) is 6.42 Å². The molecule has 18 heavy (non-hydrogen) atoms. The summed E-state index contributed by atoms with van der Waals surface area (Å²) in [6.45, 7) is 2.06. The van der Waals surface area contributed by atoms with Crippen LogP contribution in [0.15, 0.2) is 34.8 Å². The third-order valence-corrected chi connectivity index (χ3v) is 4.63. The van der Waals surface area contributed by atoms with Gasteiger partial charge in [0.15, 0.2) is 0 Å². The molecule has 2 rings (SSSR count). The Balaban J connectivity index is 2.22. The number of hydrogen-bond acceptors (Lipinski definition) is 3. The van der Waals surface area contributed by atoms with Crippen LogP contribution in [0.25, 0.3) is 0 Å². The highest BCUT2D eigenvalue weighted by Gasteiger charge is 2.14. The van der Waals surface area contributed by atoms with Crippen molar-refractivity contribution in [2.45, 2.75) is 19.4 Å². The van der Waals surface area contributed by atoms with E-state index in [0.717, 1.165) is 14.9 Å². The lowest BCUT2D eigenvalue weighted by atomic mass is 10.1. The van der Waals surface area contributed by atoms with Gasteiger partial charge < -0.3 is 0 Å². The van der Waals surface area contributed by atoms with E-state index in [2.05, 4.69) is 40.4 Å². The van der Waals surface area contributed by atoms with Gasteiger partial charge in [-0.3, -0.25) is 11.3 Å². The molecular formula is C13H14BrFN2S. The van der Waals surface area contributed by atoms with Crippen molar-refractivity contribution in [1.82, 2.24) is 5.43 Å². The lowest BCUT2D eigenvalue weighted by Gasteiger charge is -2.15. The summed E-state index contributed by atoms with van der Waals surface area (Å²) in [7, 11) is 0. The minimum atomic E-state index is -0.230. The molecule has 2 aromatic rings. The van der Waals surface area contributed by atoms with Crippen LogP contribution in [0.2, 0.25) is 0 Å². The van der Waals surface area contributed by atoms with E-state index in [1.807, 2.05) is 0 Å². The summed E-state index contributed by atoms with van der Waals surface area (Å²) >= 11 is 5.13. The summed E-state index contributed by atoms with van der Waals surface area (Å²) in [4.78, 5) is 2.40. The maximum absolute atomic E-state index is 13.2. The molecule has 5 heteroatoms. The van der Waals surface area contributed by atoms with Crippen molar-refractivity contribution in [3.63, 3.8) is 0 Å². The molecule has 0 aliphatic carbocycles. The quantitative estimate of drug-likeness (QED) is 0.663. The Labute approximate surface area is 118 Å². The van der Waals surface area contributed by atoms with Crippen LogP contribution in [0.5, 0.6) is 0 Å². The number of rotatable bonds is 4. The predicted octanol–water partition coefficient (Wildman–Crippen LogP) is 3.71. The third kappa shape index (κ3) is 3.17. The van der Waals surface area contributed by atoms with E-state index in [0.29, 0.717) is 6.42 Å². The fourth-order valence-corrected chi connectivity index (χ4v) is 3.15. The largest absolute Gasteiger partial charge is 0.271 e. The SMILES string of the molecule is Cc1ccc(C(Cc2cc(F)ccc2Br)NN)s1. The molecule has 0 bridgehead atoms. The summed E-state index contributed by atoms with van der Waals surface area (Å²) in [5, 5.41) is 0. The molecule has 1 atom stereocenters. The smallest absolute Gasteiger partial charge is 0.123 e. The zero-order valence-electron chi connectivity index (χ0n) is 9.91. The van der Waals surface area contributed by atoms with Crippen molar-refractivity contribution < 1.29 is 4.39 Å². The number of nitrogens with one attached hydrogen (secondary N) is 1. The Morgan fingerprint density at radius 3 is 2.78 bits per heavy atom. The van der Waals surface area contributed by atoms with E-state index < -0.39 is 0 Å². The first kappa shape index (κ1) is 13.7. The lowest BCUT2D eigenvalue weighted by molar-refractivity contribution is 0.555. The van der Waals surface area contributed by atoms with Gasteiger partial charge in [-0.25, -0.2) is 4.39 Å². The van der Waals surface area contributed by atoms with Crippen molar-refractivity contribution in [1.29, 1.82) is 0 Å². The molecule has 0 radical (unpaired) electrons. The van der Waals surface area contributed by atoms with Gasteiger partial charge in [0.2, 0.25) is 0 Å². The van der Waals surface area contributed by atoms with E-state index in [-0.39, 0.29) is 11.9 Å². The molecule has 1 heterocycles. The Morgan fingerprint density at radius 2 is 2.17 bits per heavy atom. The zero-order chi connectivity index (χ0) is 13.1. The maximum atomic E-state index is 13.2. The van der Waals surface area contributed by atoms with Gasteiger partial charge >= 0.3 is 0 Å². The van der Waals surface area contributed by atoms with Crippen LogP contribution in [0, 0.1) is 12.7 Å². The first-order valence-electron chi connectivity index (χ1n) is 5.56. The number of hydrogen-bond donors (Lipinski definition) is 2. The second kappa shape index (κ2) is 5.93. The van der Waals surface area contributed by atoms with Gasteiger partial charge in [-0.2, -0.15) is 0 Å². The molecule has 0 amide bonds. The van der Waals surface area contributed by atoms with Gasteiger partial charge in [0.1, 0.15) is 5.82 Å². The highest BCUT2D eigenvalue weighted by atomic mass is 79.9. The molecular weight excluding hydrogens is 315 g/mol. The van der Waals surface area contributed by atoms with Crippen molar-refractivity contribution >= 4 is 27.3 Å². The molecule has 0 saturated heterocycles. The Kier molecular flexibility index (Phi) is 4.50. The van der Waals surface area contributed by atoms with Crippen molar-refractivity contribution in [2.24, 2.45) is 5.84 Å². The van der Waals surface area contributed by atoms with Crippen molar-refractivity contribution in [2.75, 3.05) is 0 Å². The van der Waals surface area contributed by atoms with Crippen LogP contribution in [0.3, 0.4) is 0 Å². The van der Waals surface area contributed by atoms with Crippen LogP contribution < -0.4 is 11.3 Å². The average molecular weight is 329 g/mol. The molecule has 0 saturated carbocycles. The second-order valence-corrected chi connectivity index (χ2v) is 6.28. The normalized spacial score (nSPS) is 12.7. The summed E-state index contributed by atoms with van der Waals surface area (Å²) < 4.78 is 14.1. The number of benzene rings is 1. The molecule has 0 fully saturated rings. The van der Waals surface area contributed by atoms with Crippen LogP contribution in [0.1, 0.15) is 21.4 Å². The van der Waals surface area contributed by atoms with Gasteiger partial charge in [-0.05, 0) is 49.2 Å². The highest BCUT2D eigenvalue weighted by Crippen LogP contribution is 2.28. The fraction of sp³-hybridized carbons (Fsp3) is 0.231. The molecule has 1 unspecified atom stereocenters. The second-order valence-electron chi connectivity index (χ2n) is 4.11. The van der Waals surface area contributed by atoms with E-state index >= 15 is 0 Å². The number of thiophene rings is 1. The Morgan fingerprint density at radius 1 is 1.39 bits per heavy atom. The third-order valence-electron chi connectivity index (χ3n) is 2.74. The minimum Gasteiger partial charge on any atom is -0.271 e. The summed E-state index contributed by atoms with van der Waals surface area (Å²) in [6.07, 6.45) is 0.648. The molecule has 96 valence electrons. The zero-order valence-corrected chi connectivity index (χ0v) is 12.3. The van der Waals surface area contributed by atoms with Crippen LogP contribution in [0.4, 0.5) is 4.39 Å². The first-order valence-corrected chi connectivity index (χ1v) is 7.17. The molecule has 1 aromatic carbocycles. The molecule has 0 aliphatic heterocycles. The van der Waals surface area contributed by atoms with E-state index in [1.165, 1.54) is 17.0 Å². The summed E-state index contributed by atoms with van der Waals surface area (Å²) in [6, 6.07) is 8.81. The Bertz CT molecular complexity index is 542. The van der Waals surface area contributed by atoms with Crippen molar-refractivity contribution in [3.8, 4) is 0 Å². The van der Waals surface area contributed by atoms with Gasteiger partial charge in [0.05, 0.1) is 6.04 Å². The number of hydrazine groups is 1. The van der Waals surface area contributed by atoms with Gasteiger partial charge in [0, 0.05) is 14.2 Å². The van der Waals surface area contributed by atoms with Crippen LogP contribution >= 0.6 is 27.3 Å². The standard InChI is InChI=1S/C13H14BrFN2S/c1-8-2-5-13(18-8)12(17-16)7-9-6-10(15)3-4-11(9)14/h2-6,12,17H,7,16H2,1H3. The average Bonchev–Trinajstić information content (AvgIpc) is 2.77. The number of halogens is 2. The minimum absolute atomic E-state index is 0.00167. The van der Waals surface area contributed by atoms with Crippen molar-refractivity contribution in [3.05, 3.63) is 55.9 Å². The Hall–Kier alpha value is -0.750. The molecule has 2 nitrogen and oxygen atoms in total. The summed E-state index contributed by atoms with van der Waals surface area (Å²) in [5.41, 5.74) is 3.70. The monoisotopic (exact) mass is 328 g/mol. The number of aryl methyl sites for hydroxylation is 1. The van der Waals surface area contributed by atoms with Gasteiger partial charge in [0.25, 0.3) is 0 Å². The first-order chi connectivity index (χ1) is 8.60. The molecule has 0 aliphatic rings. The highest BCUT2D eigenvalue weighted by molar-refractivity contribution is 9.10. The van der Waals surface area contributed by atoms with E-state index in [9.17, 15) is 4.39 Å².